The smallest absolute Gasteiger partial charge is 0.255 e. The van der Waals surface area contributed by atoms with Gasteiger partial charge in [-0.2, -0.15) is 10.1 Å². The molecular weight excluding hydrogens is 438 g/mol. The molecular formula is C28H27N5O2. The molecule has 7 heteroatoms. The lowest BCUT2D eigenvalue weighted by Crippen LogP contribution is -2.32. The maximum absolute atomic E-state index is 13.7. The van der Waals surface area contributed by atoms with E-state index in [1.165, 1.54) is 6.33 Å². The number of anilines is 2. The minimum absolute atomic E-state index is 0.203. The van der Waals surface area contributed by atoms with Crippen LogP contribution in [0.25, 0.3) is 0 Å². The van der Waals surface area contributed by atoms with Gasteiger partial charge in [-0.3, -0.25) is 4.79 Å². The molecule has 0 spiro atoms. The van der Waals surface area contributed by atoms with Crippen molar-refractivity contribution in [3.63, 3.8) is 0 Å². The Labute approximate surface area is 204 Å². The second-order valence-corrected chi connectivity index (χ2v) is 8.68. The number of aromatic nitrogens is 3. The predicted molar refractivity (Wildman–Crippen MR) is 136 cm³/mol. The number of ether oxygens (including phenoxy) is 1. The number of carbonyl (C=O) groups is 1. The monoisotopic (exact) mass is 465 g/mol. The lowest BCUT2D eigenvalue weighted by Gasteiger charge is -2.30. The summed E-state index contributed by atoms with van der Waals surface area (Å²) in [6, 6.07) is 23.2. The van der Waals surface area contributed by atoms with Crippen LogP contribution in [0.4, 0.5) is 11.6 Å². The zero-order chi connectivity index (χ0) is 24.4. The topological polar surface area (TPSA) is 81.1 Å². The summed E-state index contributed by atoms with van der Waals surface area (Å²) in [7, 11) is 0. The molecule has 1 aliphatic heterocycles. The second kappa shape index (κ2) is 9.46. The van der Waals surface area contributed by atoms with Crippen molar-refractivity contribution in [2.45, 2.75) is 33.4 Å². The van der Waals surface area contributed by atoms with Gasteiger partial charge in [-0.1, -0.05) is 66.2 Å². The van der Waals surface area contributed by atoms with Crippen molar-refractivity contribution < 1.29 is 9.53 Å². The number of rotatable bonds is 6. The number of para-hydroxylation sites is 1. The van der Waals surface area contributed by atoms with Crippen molar-refractivity contribution >= 4 is 17.5 Å². The van der Waals surface area contributed by atoms with Crippen LogP contribution in [0.1, 0.15) is 35.2 Å². The van der Waals surface area contributed by atoms with Crippen LogP contribution in [0.15, 0.2) is 90.4 Å². The highest BCUT2D eigenvalue weighted by molar-refractivity contribution is 6.06. The Kier molecular flexibility index (Phi) is 6.06. The predicted octanol–water partition coefficient (Wildman–Crippen LogP) is 5.40. The molecule has 3 aromatic carbocycles. The van der Waals surface area contributed by atoms with E-state index in [0.29, 0.717) is 23.9 Å². The number of nitrogens with one attached hydrogen (secondary N) is 2. The molecule has 5 rings (SSSR count). The average molecular weight is 466 g/mol. The van der Waals surface area contributed by atoms with Crippen LogP contribution < -0.4 is 15.4 Å². The van der Waals surface area contributed by atoms with Crippen LogP contribution >= 0.6 is 0 Å². The number of allylic oxidation sites excluding steroid dienone is 1. The summed E-state index contributed by atoms with van der Waals surface area (Å²) >= 11 is 0. The summed E-state index contributed by atoms with van der Waals surface area (Å²) in [4.78, 5) is 18.1. The summed E-state index contributed by atoms with van der Waals surface area (Å²) in [5.74, 6) is 1.06. The van der Waals surface area contributed by atoms with E-state index >= 15 is 0 Å². The Morgan fingerprint density at radius 2 is 1.80 bits per heavy atom. The number of fused-ring (bicyclic) bond motifs is 1. The van der Waals surface area contributed by atoms with Crippen molar-refractivity contribution in [1.29, 1.82) is 0 Å². The van der Waals surface area contributed by atoms with Crippen molar-refractivity contribution in [2.75, 3.05) is 10.6 Å². The highest BCUT2D eigenvalue weighted by atomic mass is 16.5. The standard InChI is InChI=1S/C28H27N5O2/c1-18-13-14-23(19(2)15-18)32-27(34)25-20(3)31-28-29-17-30-33(28)26(25)22-11-7-8-12-24(22)35-16-21-9-5-4-6-10-21/h4-15,17,26H,16H2,1-3H3,(H,32,34)(H,29,30,31). The van der Waals surface area contributed by atoms with E-state index in [0.717, 1.165) is 33.6 Å². The first kappa shape index (κ1) is 22.4. The number of amides is 1. The second-order valence-electron chi connectivity index (χ2n) is 8.68. The van der Waals surface area contributed by atoms with Crippen LogP contribution in [0.2, 0.25) is 0 Å². The molecule has 2 N–H and O–H groups in total. The van der Waals surface area contributed by atoms with Crippen LogP contribution in [-0.2, 0) is 11.4 Å². The minimum Gasteiger partial charge on any atom is -0.489 e. The fraction of sp³-hybridized carbons (Fsp3) is 0.179. The van der Waals surface area contributed by atoms with E-state index < -0.39 is 6.04 Å². The van der Waals surface area contributed by atoms with Crippen LogP contribution in [-0.4, -0.2) is 20.7 Å². The van der Waals surface area contributed by atoms with Gasteiger partial charge in [-0.05, 0) is 44.0 Å². The third kappa shape index (κ3) is 4.53. The molecule has 2 heterocycles. The first-order chi connectivity index (χ1) is 17.0. The third-order valence-corrected chi connectivity index (χ3v) is 6.12. The summed E-state index contributed by atoms with van der Waals surface area (Å²) in [6.07, 6.45) is 1.49. The van der Waals surface area contributed by atoms with E-state index in [1.54, 1.807) is 4.68 Å². The fourth-order valence-electron chi connectivity index (χ4n) is 4.39. The van der Waals surface area contributed by atoms with E-state index in [1.807, 2.05) is 87.5 Å². The van der Waals surface area contributed by atoms with E-state index in [2.05, 4.69) is 26.8 Å². The fourth-order valence-corrected chi connectivity index (χ4v) is 4.39. The van der Waals surface area contributed by atoms with Crippen molar-refractivity contribution in [1.82, 2.24) is 14.8 Å². The first-order valence-corrected chi connectivity index (χ1v) is 11.5. The number of hydrogen-bond donors (Lipinski definition) is 2. The van der Waals surface area contributed by atoms with Gasteiger partial charge in [-0.25, -0.2) is 4.68 Å². The Morgan fingerprint density at radius 3 is 2.60 bits per heavy atom. The molecule has 0 fully saturated rings. The summed E-state index contributed by atoms with van der Waals surface area (Å²) in [5, 5.41) is 10.8. The highest BCUT2D eigenvalue weighted by Crippen LogP contribution is 2.39. The Balaban J connectivity index is 1.53. The molecule has 0 bridgehead atoms. The van der Waals surface area contributed by atoms with Crippen molar-refractivity contribution in [3.8, 4) is 5.75 Å². The van der Waals surface area contributed by atoms with E-state index in [-0.39, 0.29) is 5.91 Å². The third-order valence-electron chi connectivity index (χ3n) is 6.12. The normalized spacial score (nSPS) is 14.8. The molecule has 1 aromatic heterocycles. The molecule has 1 aliphatic rings. The van der Waals surface area contributed by atoms with Crippen LogP contribution in [0.5, 0.6) is 5.75 Å². The molecule has 1 amide bonds. The van der Waals surface area contributed by atoms with Crippen LogP contribution in [0, 0.1) is 13.8 Å². The van der Waals surface area contributed by atoms with Gasteiger partial charge in [0.05, 0.1) is 5.57 Å². The number of carbonyl (C=O) groups excluding carboxylic acids is 1. The molecule has 0 radical (unpaired) electrons. The Hall–Kier alpha value is -4.39. The Bertz CT molecular complexity index is 1410. The maximum atomic E-state index is 13.7. The maximum Gasteiger partial charge on any atom is 0.255 e. The van der Waals surface area contributed by atoms with E-state index in [9.17, 15) is 4.79 Å². The van der Waals surface area contributed by atoms with Crippen molar-refractivity contribution in [2.24, 2.45) is 0 Å². The lowest BCUT2D eigenvalue weighted by molar-refractivity contribution is -0.113. The molecule has 1 atom stereocenters. The number of hydrogen-bond acceptors (Lipinski definition) is 5. The molecule has 0 saturated heterocycles. The minimum atomic E-state index is -0.508. The average Bonchev–Trinajstić information content (AvgIpc) is 3.32. The quantitative estimate of drug-likeness (QED) is 0.398. The van der Waals surface area contributed by atoms with Gasteiger partial charge in [0.15, 0.2) is 0 Å². The van der Waals surface area contributed by atoms with E-state index in [4.69, 9.17) is 4.74 Å². The molecule has 7 nitrogen and oxygen atoms in total. The van der Waals surface area contributed by atoms with Gasteiger partial charge in [-0.15, -0.1) is 0 Å². The van der Waals surface area contributed by atoms with Gasteiger partial charge < -0.3 is 15.4 Å². The SMILES string of the molecule is CC1=C(C(=O)Nc2ccc(C)cc2C)C(c2ccccc2OCc2ccccc2)n2ncnc2N1. The number of nitrogens with zero attached hydrogens (tertiary/aromatic N) is 3. The van der Waals surface area contributed by atoms with Gasteiger partial charge >= 0.3 is 0 Å². The largest absolute Gasteiger partial charge is 0.489 e. The molecule has 176 valence electrons. The number of benzene rings is 3. The highest BCUT2D eigenvalue weighted by Gasteiger charge is 2.35. The van der Waals surface area contributed by atoms with Crippen molar-refractivity contribution in [3.05, 3.63) is 113 Å². The molecule has 4 aromatic rings. The summed E-state index contributed by atoms with van der Waals surface area (Å²) in [5.41, 5.74) is 6.09. The van der Waals surface area contributed by atoms with Gasteiger partial charge in [0.2, 0.25) is 5.95 Å². The summed E-state index contributed by atoms with van der Waals surface area (Å²) in [6.45, 7) is 6.32. The lowest BCUT2D eigenvalue weighted by atomic mass is 9.94. The molecule has 0 saturated carbocycles. The zero-order valence-corrected chi connectivity index (χ0v) is 19.9. The van der Waals surface area contributed by atoms with Crippen LogP contribution in [0.3, 0.4) is 0 Å². The number of aryl methyl sites for hydroxylation is 2. The molecule has 1 unspecified atom stereocenters. The summed E-state index contributed by atoms with van der Waals surface area (Å²) < 4.78 is 7.98. The zero-order valence-electron chi connectivity index (χ0n) is 19.9. The molecule has 35 heavy (non-hydrogen) atoms. The molecule has 0 aliphatic carbocycles. The Morgan fingerprint density at radius 1 is 1.03 bits per heavy atom. The van der Waals surface area contributed by atoms with Gasteiger partial charge in [0.25, 0.3) is 5.91 Å². The van der Waals surface area contributed by atoms with Gasteiger partial charge in [0.1, 0.15) is 24.7 Å². The van der Waals surface area contributed by atoms with Gasteiger partial charge in [0, 0.05) is 16.9 Å². The first-order valence-electron chi connectivity index (χ1n) is 11.5.